The number of hydrogen-bond donors (Lipinski definition) is 2. The largest absolute Gasteiger partial charge is 0.399 e. The highest BCUT2D eigenvalue weighted by atomic mass is 16.1. The van der Waals surface area contributed by atoms with Gasteiger partial charge in [-0.25, -0.2) is 0 Å². The lowest BCUT2D eigenvalue weighted by Gasteiger charge is -2.03. The molecule has 0 saturated carbocycles. The van der Waals surface area contributed by atoms with Gasteiger partial charge in [0.1, 0.15) is 0 Å². The summed E-state index contributed by atoms with van der Waals surface area (Å²) < 4.78 is 1.76. The summed E-state index contributed by atoms with van der Waals surface area (Å²) >= 11 is 0. The van der Waals surface area contributed by atoms with Crippen LogP contribution in [0.25, 0.3) is 0 Å². The Bertz CT molecular complexity index is 547. The zero-order valence-electron chi connectivity index (χ0n) is 10.3. The van der Waals surface area contributed by atoms with E-state index in [2.05, 4.69) is 10.4 Å². The number of amides is 1. The molecule has 18 heavy (non-hydrogen) atoms. The molecule has 0 unspecified atom stereocenters. The number of anilines is 2. The zero-order valence-corrected chi connectivity index (χ0v) is 10.3. The van der Waals surface area contributed by atoms with Gasteiger partial charge in [-0.2, -0.15) is 5.10 Å². The Hall–Kier alpha value is -2.30. The highest BCUT2D eigenvalue weighted by Gasteiger charge is 2.05. The van der Waals surface area contributed by atoms with Crippen LogP contribution in [-0.2, 0) is 17.8 Å². The van der Waals surface area contributed by atoms with Crippen molar-refractivity contribution in [2.75, 3.05) is 11.1 Å². The van der Waals surface area contributed by atoms with E-state index in [1.807, 2.05) is 19.1 Å². The predicted octanol–water partition coefficient (Wildman–Crippen LogP) is 1.67. The van der Waals surface area contributed by atoms with E-state index in [-0.39, 0.29) is 5.91 Å². The van der Waals surface area contributed by atoms with Crippen molar-refractivity contribution in [2.24, 2.45) is 0 Å². The number of benzene rings is 1. The number of nitrogens with one attached hydrogen (secondary N) is 1. The number of nitrogens with two attached hydrogens (primary N) is 1. The minimum absolute atomic E-state index is 0.0729. The first-order valence-corrected chi connectivity index (χ1v) is 5.84. The van der Waals surface area contributed by atoms with Crippen LogP contribution in [0.3, 0.4) is 0 Å². The third-order valence-corrected chi connectivity index (χ3v) is 2.56. The molecule has 5 heteroatoms. The topological polar surface area (TPSA) is 72.9 Å². The molecule has 0 aliphatic heterocycles. The molecule has 0 spiro atoms. The van der Waals surface area contributed by atoms with Crippen LogP contribution in [0.4, 0.5) is 11.4 Å². The molecule has 94 valence electrons. The van der Waals surface area contributed by atoms with Gasteiger partial charge < -0.3 is 11.1 Å². The summed E-state index contributed by atoms with van der Waals surface area (Å²) in [5.41, 5.74) is 7.94. The van der Waals surface area contributed by atoms with Gasteiger partial charge >= 0.3 is 0 Å². The van der Waals surface area contributed by atoms with E-state index >= 15 is 0 Å². The molecule has 5 nitrogen and oxygen atoms in total. The maximum Gasteiger partial charge on any atom is 0.228 e. The molecule has 2 aromatic rings. The van der Waals surface area contributed by atoms with Gasteiger partial charge in [0.15, 0.2) is 0 Å². The van der Waals surface area contributed by atoms with E-state index < -0.39 is 0 Å². The smallest absolute Gasteiger partial charge is 0.228 e. The number of nitrogens with zero attached hydrogens (tertiary/aromatic N) is 2. The number of aryl methyl sites for hydroxylation is 1. The Morgan fingerprint density at radius 2 is 2.33 bits per heavy atom. The minimum Gasteiger partial charge on any atom is -0.399 e. The molecular weight excluding hydrogens is 228 g/mol. The average Bonchev–Trinajstić information content (AvgIpc) is 2.76. The summed E-state index contributed by atoms with van der Waals surface area (Å²) in [6.07, 6.45) is 3.75. The van der Waals surface area contributed by atoms with Crippen molar-refractivity contribution < 1.29 is 4.79 Å². The number of rotatable bonds is 4. The molecule has 0 aliphatic rings. The van der Waals surface area contributed by atoms with Crippen LogP contribution in [0, 0.1) is 0 Å². The predicted molar refractivity (Wildman–Crippen MR) is 71.1 cm³/mol. The molecule has 1 amide bonds. The van der Waals surface area contributed by atoms with E-state index in [4.69, 9.17) is 5.73 Å². The van der Waals surface area contributed by atoms with Crippen LogP contribution in [0.5, 0.6) is 0 Å². The first-order chi connectivity index (χ1) is 8.67. The fourth-order valence-corrected chi connectivity index (χ4v) is 1.69. The maximum atomic E-state index is 11.8. The SMILES string of the molecule is CCn1cc(NC(=O)Cc2cccc(N)c2)cn1. The van der Waals surface area contributed by atoms with Gasteiger partial charge in [0.2, 0.25) is 5.91 Å². The standard InChI is InChI=1S/C13H16N4O/c1-2-17-9-12(8-15-17)16-13(18)7-10-4-3-5-11(14)6-10/h3-6,8-9H,2,7,14H2,1H3,(H,16,18). The van der Waals surface area contributed by atoms with Crippen molar-refractivity contribution >= 4 is 17.3 Å². The molecule has 3 N–H and O–H groups in total. The van der Waals surface area contributed by atoms with Gasteiger partial charge in [-0.1, -0.05) is 12.1 Å². The first kappa shape index (κ1) is 12.2. The lowest BCUT2D eigenvalue weighted by atomic mass is 10.1. The summed E-state index contributed by atoms with van der Waals surface area (Å²) in [6.45, 7) is 2.77. The molecule has 0 aliphatic carbocycles. The van der Waals surface area contributed by atoms with Crippen LogP contribution >= 0.6 is 0 Å². The summed E-state index contributed by atoms with van der Waals surface area (Å²) in [4.78, 5) is 11.8. The molecule has 1 aromatic heterocycles. The van der Waals surface area contributed by atoms with Gasteiger partial charge in [0.25, 0.3) is 0 Å². The van der Waals surface area contributed by atoms with Crippen molar-refractivity contribution in [3.05, 3.63) is 42.2 Å². The van der Waals surface area contributed by atoms with Gasteiger partial charge in [-0.3, -0.25) is 9.48 Å². The van der Waals surface area contributed by atoms with Crippen LogP contribution < -0.4 is 11.1 Å². The molecule has 1 heterocycles. The molecule has 0 saturated heterocycles. The van der Waals surface area contributed by atoms with Gasteiger partial charge in [-0.05, 0) is 24.6 Å². The highest BCUT2D eigenvalue weighted by Crippen LogP contribution is 2.09. The number of carbonyl (C=O) groups is 1. The fraction of sp³-hybridized carbons (Fsp3) is 0.231. The Balaban J connectivity index is 1.96. The Morgan fingerprint density at radius 1 is 1.50 bits per heavy atom. The number of hydrogen-bond acceptors (Lipinski definition) is 3. The highest BCUT2D eigenvalue weighted by molar-refractivity contribution is 5.92. The molecular formula is C13H16N4O. The molecule has 2 rings (SSSR count). The summed E-state index contributed by atoms with van der Waals surface area (Å²) in [7, 11) is 0. The van der Waals surface area contributed by atoms with Crippen molar-refractivity contribution in [1.29, 1.82) is 0 Å². The van der Waals surface area contributed by atoms with Crippen molar-refractivity contribution in [3.63, 3.8) is 0 Å². The first-order valence-electron chi connectivity index (χ1n) is 5.84. The molecule has 1 aromatic carbocycles. The van der Waals surface area contributed by atoms with E-state index in [0.29, 0.717) is 17.8 Å². The van der Waals surface area contributed by atoms with Crippen molar-refractivity contribution in [2.45, 2.75) is 19.9 Å². The van der Waals surface area contributed by atoms with Crippen molar-refractivity contribution in [3.8, 4) is 0 Å². The second kappa shape index (κ2) is 5.35. The lowest BCUT2D eigenvalue weighted by Crippen LogP contribution is -2.14. The molecule has 0 atom stereocenters. The number of nitrogen functional groups attached to an aromatic ring is 1. The Kier molecular flexibility index (Phi) is 3.62. The second-order valence-corrected chi connectivity index (χ2v) is 4.05. The lowest BCUT2D eigenvalue weighted by molar-refractivity contribution is -0.115. The third-order valence-electron chi connectivity index (χ3n) is 2.56. The second-order valence-electron chi connectivity index (χ2n) is 4.05. The monoisotopic (exact) mass is 244 g/mol. The normalized spacial score (nSPS) is 10.3. The molecule has 0 bridgehead atoms. The van der Waals surface area contributed by atoms with Gasteiger partial charge in [0.05, 0.1) is 18.3 Å². The molecule has 0 radical (unpaired) electrons. The van der Waals surface area contributed by atoms with Crippen LogP contribution in [-0.4, -0.2) is 15.7 Å². The van der Waals surface area contributed by atoms with E-state index in [9.17, 15) is 4.79 Å². The maximum absolute atomic E-state index is 11.8. The van der Waals surface area contributed by atoms with Crippen LogP contribution in [0.15, 0.2) is 36.7 Å². The summed E-state index contributed by atoms with van der Waals surface area (Å²) in [5, 5.41) is 6.89. The quantitative estimate of drug-likeness (QED) is 0.803. The van der Waals surface area contributed by atoms with E-state index in [0.717, 1.165) is 12.1 Å². The van der Waals surface area contributed by atoms with Crippen molar-refractivity contribution in [1.82, 2.24) is 9.78 Å². The Morgan fingerprint density at radius 3 is 3.00 bits per heavy atom. The van der Waals surface area contributed by atoms with Gasteiger partial charge in [-0.15, -0.1) is 0 Å². The summed E-state index contributed by atoms with van der Waals surface area (Å²) in [6, 6.07) is 7.32. The van der Waals surface area contributed by atoms with E-state index in [1.54, 1.807) is 29.2 Å². The minimum atomic E-state index is -0.0729. The summed E-state index contributed by atoms with van der Waals surface area (Å²) in [5.74, 6) is -0.0729. The van der Waals surface area contributed by atoms with E-state index in [1.165, 1.54) is 0 Å². The van der Waals surface area contributed by atoms with Crippen LogP contribution in [0.1, 0.15) is 12.5 Å². The Labute approximate surface area is 106 Å². The van der Waals surface area contributed by atoms with Crippen LogP contribution in [0.2, 0.25) is 0 Å². The fourth-order valence-electron chi connectivity index (χ4n) is 1.69. The average molecular weight is 244 g/mol. The number of carbonyl (C=O) groups excluding carboxylic acids is 1. The zero-order chi connectivity index (χ0) is 13.0. The third kappa shape index (κ3) is 3.10. The molecule has 0 fully saturated rings. The van der Waals surface area contributed by atoms with Gasteiger partial charge in [0, 0.05) is 18.4 Å². The number of aromatic nitrogens is 2.